The Hall–Kier alpha value is -0.940. The van der Waals surface area contributed by atoms with Crippen LogP contribution in [0.4, 0.5) is 4.39 Å². The molecule has 1 aromatic carbocycles. The van der Waals surface area contributed by atoms with E-state index in [2.05, 4.69) is 40.0 Å². The molecule has 0 heterocycles. The molecule has 0 bridgehead atoms. The summed E-state index contributed by atoms with van der Waals surface area (Å²) in [6.45, 7) is 5.39. The summed E-state index contributed by atoms with van der Waals surface area (Å²) in [7, 11) is 1.98. The Morgan fingerprint density at radius 1 is 1.50 bits per heavy atom. The Balaban J connectivity index is 2.53. The van der Waals surface area contributed by atoms with Crippen LogP contribution < -0.4 is 5.32 Å². The summed E-state index contributed by atoms with van der Waals surface area (Å²) in [6.07, 6.45) is 0. The summed E-state index contributed by atoms with van der Waals surface area (Å²) in [5.41, 5.74) is 0.0663. The zero-order valence-corrected chi connectivity index (χ0v) is 12.4. The van der Waals surface area contributed by atoms with Crippen molar-refractivity contribution in [3.63, 3.8) is 0 Å². The highest BCUT2D eigenvalue weighted by atomic mass is 79.9. The zero-order valence-electron chi connectivity index (χ0n) is 10.8. The second-order valence-electron chi connectivity index (χ2n) is 4.45. The maximum absolute atomic E-state index is 13.4. The molecule has 1 rings (SSSR count). The first kappa shape index (κ1) is 15.1. The molecule has 18 heavy (non-hydrogen) atoms. The first-order chi connectivity index (χ1) is 8.41. The molecule has 3 nitrogen and oxygen atoms in total. The Morgan fingerprint density at radius 2 is 2.17 bits per heavy atom. The van der Waals surface area contributed by atoms with E-state index in [9.17, 15) is 9.18 Å². The number of amides is 1. The number of rotatable bonds is 5. The number of hydrogen-bond donors (Lipinski definition) is 1. The van der Waals surface area contributed by atoms with E-state index in [1.165, 1.54) is 12.1 Å². The summed E-state index contributed by atoms with van der Waals surface area (Å²) in [6, 6.07) is 4.75. The highest BCUT2D eigenvalue weighted by molar-refractivity contribution is 9.10. The van der Waals surface area contributed by atoms with E-state index in [1.54, 1.807) is 6.07 Å². The van der Waals surface area contributed by atoms with Gasteiger partial charge in [-0.05, 0) is 39.1 Å². The molecule has 5 heteroatoms. The number of likely N-dealkylation sites (N-methyl/N-ethyl adjacent to an activating group) is 1. The topological polar surface area (TPSA) is 32.3 Å². The molecule has 0 aliphatic heterocycles. The molecule has 0 unspecified atom stereocenters. The van der Waals surface area contributed by atoms with Crippen LogP contribution in [0.1, 0.15) is 24.2 Å². The van der Waals surface area contributed by atoms with Gasteiger partial charge in [0.1, 0.15) is 5.82 Å². The van der Waals surface area contributed by atoms with Gasteiger partial charge in [-0.25, -0.2) is 4.39 Å². The van der Waals surface area contributed by atoms with Crippen molar-refractivity contribution in [1.29, 1.82) is 0 Å². The Morgan fingerprint density at radius 3 is 2.78 bits per heavy atom. The fraction of sp³-hybridized carbons (Fsp3) is 0.462. The van der Waals surface area contributed by atoms with Crippen LogP contribution >= 0.6 is 15.9 Å². The minimum atomic E-state index is -0.507. The summed E-state index contributed by atoms with van der Waals surface area (Å²) in [5, 5.41) is 2.71. The molecular formula is C13H18BrFN2O. The van der Waals surface area contributed by atoms with Crippen molar-refractivity contribution in [3.8, 4) is 0 Å². The van der Waals surface area contributed by atoms with Crippen LogP contribution in [0.5, 0.6) is 0 Å². The van der Waals surface area contributed by atoms with E-state index in [4.69, 9.17) is 0 Å². The van der Waals surface area contributed by atoms with Gasteiger partial charge < -0.3 is 10.2 Å². The first-order valence-electron chi connectivity index (χ1n) is 5.85. The molecule has 0 aliphatic rings. The van der Waals surface area contributed by atoms with Crippen LogP contribution in [-0.2, 0) is 0 Å². The van der Waals surface area contributed by atoms with E-state index in [0.29, 0.717) is 17.1 Å². The van der Waals surface area contributed by atoms with E-state index < -0.39 is 5.82 Å². The number of benzene rings is 1. The third-order valence-electron chi connectivity index (χ3n) is 2.80. The number of carbonyl (C=O) groups is 1. The molecule has 100 valence electrons. The highest BCUT2D eigenvalue weighted by Crippen LogP contribution is 2.15. The summed E-state index contributed by atoms with van der Waals surface area (Å²) < 4.78 is 14.1. The van der Waals surface area contributed by atoms with Crippen molar-refractivity contribution < 1.29 is 9.18 Å². The van der Waals surface area contributed by atoms with Gasteiger partial charge in [-0.2, -0.15) is 0 Å². The Kier molecular flexibility index (Phi) is 5.75. The molecule has 0 fully saturated rings. The molecule has 0 spiro atoms. The van der Waals surface area contributed by atoms with E-state index >= 15 is 0 Å². The van der Waals surface area contributed by atoms with Crippen LogP contribution in [-0.4, -0.2) is 37.0 Å². The molecule has 0 saturated carbocycles. The highest BCUT2D eigenvalue weighted by Gasteiger charge is 2.12. The van der Waals surface area contributed by atoms with Gasteiger partial charge in [0.25, 0.3) is 5.91 Å². The lowest BCUT2D eigenvalue weighted by Gasteiger charge is -2.20. The van der Waals surface area contributed by atoms with E-state index in [1.807, 2.05) is 7.05 Å². The van der Waals surface area contributed by atoms with Gasteiger partial charge in [0.05, 0.1) is 5.56 Å². The monoisotopic (exact) mass is 316 g/mol. The van der Waals surface area contributed by atoms with Gasteiger partial charge in [-0.3, -0.25) is 4.79 Å². The van der Waals surface area contributed by atoms with Crippen LogP contribution in [0.15, 0.2) is 22.7 Å². The van der Waals surface area contributed by atoms with Crippen molar-refractivity contribution in [2.45, 2.75) is 19.9 Å². The van der Waals surface area contributed by atoms with Crippen LogP contribution in [0.25, 0.3) is 0 Å². The van der Waals surface area contributed by atoms with Gasteiger partial charge in [0.2, 0.25) is 0 Å². The summed E-state index contributed by atoms with van der Waals surface area (Å²) in [5.74, 6) is -0.890. The molecule has 1 amide bonds. The molecule has 0 radical (unpaired) electrons. The maximum atomic E-state index is 13.4. The van der Waals surface area contributed by atoms with Gasteiger partial charge in [-0.15, -0.1) is 0 Å². The fourth-order valence-electron chi connectivity index (χ4n) is 1.37. The van der Waals surface area contributed by atoms with Crippen LogP contribution in [0.3, 0.4) is 0 Å². The van der Waals surface area contributed by atoms with Gasteiger partial charge in [-0.1, -0.05) is 15.9 Å². The van der Waals surface area contributed by atoms with Crippen molar-refractivity contribution in [2.24, 2.45) is 0 Å². The SMILES string of the molecule is CC(C)N(C)CCNC(=O)c1cc(Br)ccc1F. The predicted octanol–water partition coefficient (Wildman–Crippen LogP) is 2.66. The second-order valence-corrected chi connectivity index (χ2v) is 5.37. The van der Waals surface area contributed by atoms with Gasteiger partial charge >= 0.3 is 0 Å². The van der Waals surface area contributed by atoms with Gasteiger partial charge in [0.15, 0.2) is 0 Å². The zero-order chi connectivity index (χ0) is 13.7. The standard InChI is InChI=1S/C13H18BrFN2O/c1-9(2)17(3)7-6-16-13(18)11-8-10(14)4-5-12(11)15/h4-5,8-9H,6-7H2,1-3H3,(H,16,18). The molecule has 0 aromatic heterocycles. The van der Waals surface area contributed by atoms with Crippen molar-refractivity contribution >= 4 is 21.8 Å². The fourth-order valence-corrected chi connectivity index (χ4v) is 1.73. The minimum Gasteiger partial charge on any atom is -0.351 e. The van der Waals surface area contributed by atoms with Crippen molar-refractivity contribution in [1.82, 2.24) is 10.2 Å². The quantitative estimate of drug-likeness (QED) is 0.905. The van der Waals surface area contributed by atoms with Crippen LogP contribution in [0.2, 0.25) is 0 Å². The lowest BCUT2D eigenvalue weighted by atomic mass is 10.2. The van der Waals surface area contributed by atoms with Crippen LogP contribution in [0, 0.1) is 5.82 Å². The number of carbonyl (C=O) groups excluding carboxylic acids is 1. The number of halogens is 2. The molecule has 0 saturated heterocycles. The predicted molar refractivity (Wildman–Crippen MR) is 74.2 cm³/mol. The van der Waals surface area contributed by atoms with Gasteiger partial charge in [0, 0.05) is 23.6 Å². The van der Waals surface area contributed by atoms with Crippen molar-refractivity contribution in [2.75, 3.05) is 20.1 Å². The molecule has 1 aromatic rings. The average molecular weight is 317 g/mol. The number of nitrogens with one attached hydrogen (secondary N) is 1. The third-order valence-corrected chi connectivity index (χ3v) is 3.30. The average Bonchev–Trinajstić information content (AvgIpc) is 2.31. The largest absolute Gasteiger partial charge is 0.351 e. The normalized spacial score (nSPS) is 11.1. The lowest BCUT2D eigenvalue weighted by molar-refractivity contribution is 0.0944. The first-order valence-corrected chi connectivity index (χ1v) is 6.64. The maximum Gasteiger partial charge on any atom is 0.254 e. The summed E-state index contributed by atoms with van der Waals surface area (Å²) in [4.78, 5) is 13.9. The Bertz CT molecular complexity index is 423. The second kappa shape index (κ2) is 6.85. The number of nitrogens with zero attached hydrogens (tertiary/aromatic N) is 1. The Labute approximate surface area is 115 Å². The molecule has 1 N–H and O–H groups in total. The van der Waals surface area contributed by atoms with E-state index in [0.717, 1.165) is 6.54 Å². The minimum absolute atomic E-state index is 0.0663. The summed E-state index contributed by atoms with van der Waals surface area (Å²) >= 11 is 3.22. The smallest absolute Gasteiger partial charge is 0.254 e. The molecular weight excluding hydrogens is 299 g/mol. The lowest BCUT2D eigenvalue weighted by Crippen LogP contribution is -2.36. The molecule has 0 aliphatic carbocycles. The third kappa shape index (κ3) is 4.38. The van der Waals surface area contributed by atoms with E-state index in [-0.39, 0.29) is 11.5 Å². The number of hydrogen-bond acceptors (Lipinski definition) is 2. The molecule has 0 atom stereocenters. The van der Waals surface area contributed by atoms with Crippen molar-refractivity contribution in [3.05, 3.63) is 34.1 Å².